The van der Waals surface area contributed by atoms with E-state index in [1.165, 1.54) is 23.9 Å². The summed E-state index contributed by atoms with van der Waals surface area (Å²) >= 11 is 1.43. The molecule has 2 aromatic carbocycles. The van der Waals surface area contributed by atoms with Crippen LogP contribution in [0.4, 0.5) is 0 Å². The van der Waals surface area contributed by atoms with Crippen molar-refractivity contribution < 1.29 is 24.2 Å². The van der Waals surface area contributed by atoms with Crippen molar-refractivity contribution in [1.29, 1.82) is 0 Å². The molecule has 0 radical (unpaired) electrons. The molecule has 1 heterocycles. The van der Waals surface area contributed by atoms with Crippen molar-refractivity contribution in [2.24, 2.45) is 0 Å². The largest absolute Gasteiger partial charge is 0.508 e. The van der Waals surface area contributed by atoms with E-state index in [1.54, 1.807) is 13.0 Å². The molecule has 0 aliphatic rings. The Bertz CT molecular complexity index is 1140. The predicted octanol–water partition coefficient (Wildman–Crippen LogP) is 3.24. The van der Waals surface area contributed by atoms with Crippen molar-refractivity contribution >= 4 is 34.6 Å². The monoisotopic (exact) mass is 441 g/mol. The van der Waals surface area contributed by atoms with Gasteiger partial charge in [-0.1, -0.05) is 30.3 Å². The number of rotatable bonds is 9. The molecule has 0 aliphatic carbocycles. The highest BCUT2D eigenvalue weighted by Crippen LogP contribution is 2.23. The average molecular weight is 442 g/mol. The lowest BCUT2D eigenvalue weighted by Gasteiger charge is -2.14. The summed E-state index contributed by atoms with van der Waals surface area (Å²) < 4.78 is 5.26. The molecule has 1 atom stereocenters. The fourth-order valence-electron chi connectivity index (χ4n) is 3.22. The maximum atomic E-state index is 12.3. The van der Waals surface area contributed by atoms with Gasteiger partial charge in [-0.2, -0.15) is 11.8 Å². The highest BCUT2D eigenvalue weighted by molar-refractivity contribution is 7.98. The van der Waals surface area contributed by atoms with E-state index in [1.807, 2.05) is 30.3 Å². The molecule has 3 N–H and O–H groups in total. The third kappa shape index (κ3) is 5.88. The number of fused-ring (bicyclic) bond motifs is 1. The summed E-state index contributed by atoms with van der Waals surface area (Å²) in [4.78, 5) is 36.2. The molecule has 0 saturated carbocycles. The molecular weight excluding hydrogens is 418 g/mol. The first-order valence-corrected chi connectivity index (χ1v) is 10.9. The Morgan fingerprint density at radius 3 is 2.61 bits per heavy atom. The number of aromatic hydroxyl groups is 1. The number of hydrogen-bond donors (Lipinski definition) is 3. The number of carboxylic acid groups (broad SMARTS) is 1. The van der Waals surface area contributed by atoms with Crippen LogP contribution in [-0.2, 0) is 21.8 Å². The summed E-state index contributed by atoms with van der Waals surface area (Å²) in [5.41, 5.74) is 1.81. The Balaban J connectivity index is 1.59. The number of benzene rings is 2. The molecule has 0 saturated heterocycles. The quantitative estimate of drug-likeness (QED) is 0.437. The van der Waals surface area contributed by atoms with E-state index in [0.29, 0.717) is 22.3 Å². The molecule has 1 aromatic heterocycles. The van der Waals surface area contributed by atoms with E-state index in [4.69, 9.17) is 4.42 Å². The van der Waals surface area contributed by atoms with Gasteiger partial charge in [-0.15, -0.1) is 0 Å². The zero-order chi connectivity index (χ0) is 22.4. The molecule has 0 spiro atoms. The number of hydrogen-bond acceptors (Lipinski definition) is 6. The normalized spacial score (nSPS) is 11.9. The van der Waals surface area contributed by atoms with Gasteiger partial charge < -0.3 is 19.9 Å². The SMILES string of the molecule is Cc1c(CCC(=O)NC(CSCc2ccccc2)C(=O)O)c(=O)oc2cc(O)ccc12. The zero-order valence-electron chi connectivity index (χ0n) is 17.0. The third-order valence-electron chi connectivity index (χ3n) is 4.90. The first-order valence-electron chi connectivity index (χ1n) is 9.74. The van der Waals surface area contributed by atoms with E-state index in [-0.39, 0.29) is 29.9 Å². The van der Waals surface area contributed by atoms with Gasteiger partial charge in [0.05, 0.1) is 0 Å². The molecule has 7 nitrogen and oxygen atoms in total. The Morgan fingerprint density at radius 2 is 1.90 bits per heavy atom. The average Bonchev–Trinajstić information content (AvgIpc) is 2.73. The minimum atomic E-state index is -1.10. The van der Waals surface area contributed by atoms with Gasteiger partial charge in [-0.05, 0) is 36.6 Å². The number of carbonyl (C=O) groups is 2. The maximum absolute atomic E-state index is 12.3. The number of nitrogens with one attached hydrogen (secondary N) is 1. The van der Waals surface area contributed by atoms with Crippen molar-refractivity contribution in [1.82, 2.24) is 5.32 Å². The smallest absolute Gasteiger partial charge is 0.339 e. The molecule has 31 heavy (non-hydrogen) atoms. The van der Waals surface area contributed by atoms with Crippen LogP contribution >= 0.6 is 11.8 Å². The number of thioether (sulfide) groups is 1. The van der Waals surface area contributed by atoms with Gasteiger partial charge in [0, 0.05) is 34.9 Å². The first kappa shape index (κ1) is 22.4. The van der Waals surface area contributed by atoms with Crippen molar-refractivity contribution in [3.63, 3.8) is 0 Å². The highest BCUT2D eigenvalue weighted by atomic mass is 32.2. The second-order valence-corrected chi connectivity index (χ2v) is 8.16. The summed E-state index contributed by atoms with van der Waals surface area (Å²) in [6.07, 6.45) is 0.0859. The summed E-state index contributed by atoms with van der Waals surface area (Å²) in [6.45, 7) is 1.75. The fraction of sp³-hybridized carbons (Fsp3) is 0.261. The van der Waals surface area contributed by atoms with Crippen LogP contribution in [-0.4, -0.2) is 33.9 Å². The van der Waals surface area contributed by atoms with Crippen molar-refractivity contribution in [3.05, 3.63) is 75.6 Å². The highest BCUT2D eigenvalue weighted by Gasteiger charge is 2.21. The second kappa shape index (κ2) is 10.2. The topological polar surface area (TPSA) is 117 Å². The second-order valence-electron chi connectivity index (χ2n) is 7.13. The number of aliphatic carboxylic acids is 1. The molecule has 1 unspecified atom stereocenters. The summed E-state index contributed by atoms with van der Waals surface area (Å²) in [6, 6.07) is 13.2. The minimum Gasteiger partial charge on any atom is -0.508 e. The zero-order valence-corrected chi connectivity index (χ0v) is 17.8. The van der Waals surface area contributed by atoms with Crippen LogP contribution in [0.3, 0.4) is 0 Å². The van der Waals surface area contributed by atoms with Crippen LogP contribution in [0.25, 0.3) is 11.0 Å². The van der Waals surface area contributed by atoms with Gasteiger partial charge in [0.15, 0.2) is 0 Å². The lowest BCUT2D eigenvalue weighted by atomic mass is 10.0. The maximum Gasteiger partial charge on any atom is 0.339 e. The van der Waals surface area contributed by atoms with Crippen LogP contribution in [0.2, 0.25) is 0 Å². The van der Waals surface area contributed by atoms with E-state index in [0.717, 1.165) is 5.56 Å². The number of carbonyl (C=O) groups excluding carboxylic acids is 1. The molecule has 3 aromatic rings. The van der Waals surface area contributed by atoms with Crippen LogP contribution < -0.4 is 10.9 Å². The lowest BCUT2D eigenvalue weighted by Crippen LogP contribution is -2.42. The van der Waals surface area contributed by atoms with E-state index >= 15 is 0 Å². The number of carboxylic acids is 1. The third-order valence-corrected chi connectivity index (χ3v) is 6.01. The molecule has 0 bridgehead atoms. The molecule has 162 valence electrons. The van der Waals surface area contributed by atoms with Gasteiger partial charge in [0.2, 0.25) is 5.91 Å². The molecular formula is C23H23NO6S. The lowest BCUT2D eigenvalue weighted by molar-refractivity contribution is -0.141. The number of phenols is 1. The molecule has 1 amide bonds. The molecule has 0 fully saturated rings. The molecule has 0 aliphatic heterocycles. The Hall–Kier alpha value is -3.26. The van der Waals surface area contributed by atoms with Crippen molar-refractivity contribution in [3.8, 4) is 5.75 Å². The van der Waals surface area contributed by atoms with Crippen LogP contribution in [0.1, 0.15) is 23.1 Å². The van der Waals surface area contributed by atoms with E-state index < -0.39 is 23.5 Å². The van der Waals surface area contributed by atoms with E-state index in [2.05, 4.69) is 5.32 Å². The van der Waals surface area contributed by atoms with Gasteiger partial charge in [-0.25, -0.2) is 9.59 Å². The fourth-order valence-corrected chi connectivity index (χ4v) is 4.23. The predicted molar refractivity (Wildman–Crippen MR) is 119 cm³/mol. The van der Waals surface area contributed by atoms with Crippen LogP contribution in [0, 0.1) is 6.92 Å². The number of phenolic OH excluding ortho intramolecular Hbond substituents is 1. The number of aryl methyl sites for hydroxylation is 1. The Kier molecular flexibility index (Phi) is 7.36. The van der Waals surface area contributed by atoms with Crippen LogP contribution in [0.5, 0.6) is 5.75 Å². The molecule has 3 rings (SSSR count). The minimum absolute atomic E-state index is 0.00738. The van der Waals surface area contributed by atoms with E-state index in [9.17, 15) is 24.6 Å². The van der Waals surface area contributed by atoms with Gasteiger partial charge >= 0.3 is 11.6 Å². The van der Waals surface area contributed by atoms with Gasteiger partial charge in [0.25, 0.3) is 0 Å². The van der Waals surface area contributed by atoms with Crippen LogP contribution in [0.15, 0.2) is 57.7 Å². The summed E-state index contributed by atoms with van der Waals surface area (Å²) in [5, 5.41) is 22.2. The van der Waals surface area contributed by atoms with Crippen molar-refractivity contribution in [2.75, 3.05) is 5.75 Å². The van der Waals surface area contributed by atoms with Gasteiger partial charge in [-0.3, -0.25) is 4.79 Å². The Morgan fingerprint density at radius 1 is 1.16 bits per heavy atom. The molecule has 8 heteroatoms. The number of amides is 1. The van der Waals surface area contributed by atoms with Crippen molar-refractivity contribution in [2.45, 2.75) is 31.6 Å². The standard InChI is InChI=1S/C23H23NO6S/c1-14-17-8-7-16(25)11-20(17)30-23(29)18(14)9-10-21(26)24-19(22(27)28)13-31-12-15-5-3-2-4-6-15/h2-8,11,19,25H,9-10,12-13H2,1H3,(H,24,26)(H,27,28). The summed E-state index contributed by atoms with van der Waals surface area (Å²) in [7, 11) is 0. The summed E-state index contributed by atoms with van der Waals surface area (Å²) in [5.74, 6) is -0.677. The Labute approximate surface area is 183 Å². The van der Waals surface area contributed by atoms with Gasteiger partial charge in [0.1, 0.15) is 17.4 Å². The first-order chi connectivity index (χ1) is 14.8.